The van der Waals surface area contributed by atoms with Crippen LogP contribution in [0.4, 0.5) is 4.39 Å². The molecule has 1 nitrogen and oxygen atoms in total. The minimum atomic E-state index is -0.260. The lowest BCUT2D eigenvalue weighted by atomic mass is 10.1. The van der Waals surface area contributed by atoms with E-state index >= 15 is 0 Å². The van der Waals surface area contributed by atoms with Gasteiger partial charge in [0.05, 0.1) is 0 Å². The standard InChI is InChI=1S/C9H8FIO/c1-5-3-7(6(2)12)9(11)4-8(5)10/h3-4H,1-2H3. The Balaban J connectivity index is 3.33. The third kappa shape index (κ3) is 1.83. The predicted molar refractivity (Wildman–Crippen MR) is 53.9 cm³/mol. The average Bonchev–Trinajstić information content (AvgIpc) is 1.96. The van der Waals surface area contributed by atoms with Crippen LogP contribution in [-0.2, 0) is 0 Å². The summed E-state index contributed by atoms with van der Waals surface area (Å²) in [6, 6.07) is 2.96. The van der Waals surface area contributed by atoms with Gasteiger partial charge in [-0.3, -0.25) is 4.79 Å². The van der Waals surface area contributed by atoms with Crippen LogP contribution in [0.2, 0.25) is 0 Å². The average molecular weight is 278 g/mol. The third-order valence-electron chi connectivity index (χ3n) is 1.63. The summed E-state index contributed by atoms with van der Waals surface area (Å²) in [6.45, 7) is 3.13. The van der Waals surface area contributed by atoms with E-state index < -0.39 is 0 Å². The van der Waals surface area contributed by atoms with E-state index in [4.69, 9.17) is 0 Å². The molecule has 0 aliphatic rings. The number of hydrogen-bond donors (Lipinski definition) is 0. The fraction of sp³-hybridized carbons (Fsp3) is 0.222. The topological polar surface area (TPSA) is 17.1 Å². The Morgan fingerprint density at radius 2 is 2.08 bits per heavy atom. The van der Waals surface area contributed by atoms with Crippen molar-refractivity contribution in [2.75, 3.05) is 0 Å². The quantitative estimate of drug-likeness (QED) is 0.570. The molecule has 1 rings (SSSR count). The van der Waals surface area contributed by atoms with Crippen LogP contribution in [0.5, 0.6) is 0 Å². The van der Waals surface area contributed by atoms with Gasteiger partial charge in [-0.1, -0.05) is 0 Å². The highest BCUT2D eigenvalue weighted by Crippen LogP contribution is 2.17. The summed E-state index contributed by atoms with van der Waals surface area (Å²) < 4.78 is 13.6. The highest BCUT2D eigenvalue weighted by atomic mass is 127. The summed E-state index contributed by atoms with van der Waals surface area (Å²) in [6.07, 6.45) is 0. The molecule has 0 atom stereocenters. The molecule has 12 heavy (non-hydrogen) atoms. The summed E-state index contributed by atoms with van der Waals surface area (Å²) in [4.78, 5) is 11.0. The second kappa shape index (κ2) is 3.51. The summed E-state index contributed by atoms with van der Waals surface area (Å²) in [5.74, 6) is -0.285. The predicted octanol–water partition coefficient (Wildman–Crippen LogP) is 2.94. The summed E-state index contributed by atoms with van der Waals surface area (Å²) >= 11 is 1.96. The van der Waals surface area contributed by atoms with Gasteiger partial charge in [0, 0.05) is 9.13 Å². The first-order valence-electron chi connectivity index (χ1n) is 3.49. The Morgan fingerprint density at radius 1 is 1.50 bits per heavy atom. The van der Waals surface area contributed by atoms with Crippen molar-refractivity contribution in [1.29, 1.82) is 0 Å². The van der Waals surface area contributed by atoms with Gasteiger partial charge in [0.25, 0.3) is 0 Å². The Bertz CT molecular complexity index is 334. The second-order valence-electron chi connectivity index (χ2n) is 2.64. The molecule has 0 fully saturated rings. The van der Waals surface area contributed by atoms with Crippen LogP contribution < -0.4 is 0 Å². The number of benzene rings is 1. The molecule has 1 aromatic carbocycles. The van der Waals surface area contributed by atoms with Crippen LogP contribution in [0.15, 0.2) is 12.1 Å². The summed E-state index contributed by atoms with van der Waals surface area (Å²) in [5, 5.41) is 0. The van der Waals surface area contributed by atoms with Crippen LogP contribution in [-0.4, -0.2) is 5.78 Å². The monoisotopic (exact) mass is 278 g/mol. The Morgan fingerprint density at radius 3 is 2.58 bits per heavy atom. The largest absolute Gasteiger partial charge is 0.294 e. The van der Waals surface area contributed by atoms with E-state index in [0.717, 1.165) is 0 Å². The molecular formula is C9H8FIO. The molecule has 0 spiro atoms. The van der Waals surface area contributed by atoms with Crippen LogP contribution in [0.1, 0.15) is 22.8 Å². The van der Waals surface area contributed by atoms with Gasteiger partial charge >= 0.3 is 0 Å². The van der Waals surface area contributed by atoms with Gasteiger partial charge in [-0.05, 0) is 54.1 Å². The van der Waals surface area contributed by atoms with Crippen LogP contribution >= 0.6 is 22.6 Å². The molecule has 0 bridgehead atoms. The lowest BCUT2D eigenvalue weighted by Gasteiger charge is -2.02. The van der Waals surface area contributed by atoms with E-state index in [1.807, 2.05) is 22.6 Å². The normalized spacial score (nSPS) is 10.0. The molecule has 0 aromatic heterocycles. The molecular weight excluding hydrogens is 270 g/mol. The second-order valence-corrected chi connectivity index (χ2v) is 3.80. The fourth-order valence-electron chi connectivity index (χ4n) is 0.927. The minimum absolute atomic E-state index is 0.0255. The van der Waals surface area contributed by atoms with Crippen molar-refractivity contribution in [3.8, 4) is 0 Å². The Kier molecular flexibility index (Phi) is 2.82. The molecule has 0 unspecified atom stereocenters. The first-order chi connectivity index (χ1) is 5.52. The summed E-state index contributed by atoms with van der Waals surface area (Å²) in [7, 11) is 0. The zero-order valence-corrected chi connectivity index (χ0v) is 8.98. The number of aryl methyl sites for hydroxylation is 1. The van der Waals surface area contributed by atoms with E-state index in [1.54, 1.807) is 13.0 Å². The van der Waals surface area contributed by atoms with E-state index in [0.29, 0.717) is 14.7 Å². The first-order valence-corrected chi connectivity index (χ1v) is 4.57. The minimum Gasteiger partial charge on any atom is -0.294 e. The maximum Gasteiger partial charge on any atom is 0.160 e. The molecule has 0 N–H and O–H groups in total. The molecule has 1 aromatic rings. The van der Waals surface area contributed by atoms with Gasteiger partial charge in [0.2, 0.25) is 0 Å². The maximum absolute atomic E-state index is 12.9. The third-order valence-corrected chi connectivity index (χ3v) is 2.52. The van der Waals surface area contributed by atoms with Crippen LogP contribution in [0.3, 0.4) is 0 Å². The number of halogens is 2. The molecule has 0 aliphatic heterocycles. The summed E-state index contributed by atoms with van der Waals surface area (Å²) in [5.41, 5.74) is 1.11. The van der Waals surface area contributed by atoms with Gasteiger partial charge in [-0.25, -0.2) is 4.39 Å². The van der Waals surface area contributed by atoms with Crippen LogP contribution in [0, 0.1) is 16.3 Å². The van der Waals surface area contributed by atoms with Gasteiger partial charge in [-0.2, -0.15) is 0 Å². The van der Waals surface area contributed by atoms with Crippen molar-refractivity contribution < 1.29 is 9.18 Å². The fourth-order valence-corrected chi connectivity index (χ4v) is 1.74. The number of carbonyl (C=O) groups excluding carboxylic acids is 1. The zero-order valence-electron chi connectivity index (χ0n) is 6.82. The van der Waals surface area contributed by atoms with Gasteiger partial charge in [0.1, 0.15) is 5.82 Å². The first kappa shape index (κ1) is 9.64. The van der Waals surface area contributed by atoms with Crippen molar-refractivity contribution in [2.24, 2.45) is 0 Å². The number of ketones is 1. The molecule has 0 radical (unpaired) electrons. The van der Waals surface area contributed by atoms with Gasteiger partial charge in [-0.15, -0.1) is 0 Å². The van der Waals surface area contributed by atoms with Crippen molar-refractivity contribution >= 4 is 28.4 Å². The van der Waals surface area contributed by atoms with Crippen LogP contribution in [0.25, 0.3) is 0 Å². The van der Waals surface area contributed by atoms with E-state index in [1.165, 1.54) is 13.0 Å². The van der Waals surface area contributed by atoms with Crippen molar-refractivity contribution in [1.82, 2.24) is 0 Å². The van der Waals surface area contributed by atoms with Crippen molar-refractivity contribution in [2.45, 2.75) is 13.8 Å². The Hall–Kier alpha value is -0.450. The lowest BCUT2D eigenvalue weighted by Crippen LogP contribution is -1.98. The van der Waals surface area contributed by atoms with E-state index in [-0.39, 0.29) is 11.6 Å². The van der Waals surface area contributed by atoms with Crippen molar-refractivity contribution in [3.63, 3.8) is 0 Å². The Labute approximate surface area is 84.1 Å². The smallest absolute Gasteiger partial charge is 0.160 e. The van der Waals surface area contributed by atoms with Crippen molar-refractivity contribution in [3.05, 3.63) is 32.6 Å². The van der Waals surface area contributed by atoms with E-state index in [9.17, 15) is 9.18 Å². The molecule has 0 aliphatic carbocycles. The number of rotatable bonds is 1. The zero-order chi connectivity index (χ0) is 9.30. The molecule has 0 heterocycles. The molecule has 0 saturated carbocycles. The maximum atomic E-state index is 12.9. The molecule has 3 heteroatoms. The molecule has 0 amide bonds. The highest BCUT2D eigenvalue weighted by Gasteiger charge is 2.08. The van der Waals surface area contributed by atoms with Gasteiger partial charge < -0.3 is 0 Å². The number of hydrogen-bond acceptors (Lipinski definition) is 1. The molecule has 64 valence electrons. The molecule has 0 saturated heterocycles. The van der Waals surface area contributed by atoms with E-state index in [2.05, 4.69) is 0 Å². The SMILES string of the molecule is CC(=O)c1cc(C)c(F)cc1I. The number of Topliss-reactive ketones (excluding diaryl/α,β-unsaturated/α-hetero) is 1. The van der Waals surface area contributed by atoms with Gasteiger partial charge in [0.15, 0.2) is 5.78 Å². The number of carbonyl (C=O) groups is 1. The highest BCUT2D eigenvalue weighted by molar-refractivity contribution is 14.1. The lowest BCUT2D eigenvalue weighted by molar-refractivity contribution is 0.101.